The van der Waals surface area contributed by atoms with E-state index in [9.17, 15) is 28.8 Å². The smallest absolute Gasteiger partial charge is 0.305 e. The quantitative estimate of drug-likeness (QED) is 0.324. The number of hydrogen-bond acceptors (Lipinski definition) is 6. The molecule has 2 heterocycles. The molecular formula is C18H27N5O7. The van der Waals surface area contributed by atoms with Gasteiger partial charge in [0.2, 0.25) is 29.5 Å². The normalized spacial score (nSPS) is 31.5. The van der Waals surface area contributed by atoms with Crippen molar-refractivity contribution >= 4 is 35.5 Å². The first-order chi connectivity index (χ1) is 14.0. The van der Waals surface area contributed by atoms with E-state index in [1.165, 1.54) is 25.7 Å². The Hall–Kier alpha value is -3.18. The zero-order valence-corrected chi connectivity index (χ0v) is 17.1. The Morgan fingerprint density at radius 1 is 0.867 bits per heavy atom. The number of nitrogens with zero attached hydrogens (tertiary/aromatic N) is 1. The van der Waals surface area contributed by atoms with Crippen molar-refractivity contribution < 1.29 is 33.9 Å². The van der Waals surface area contributed by atoms with E-state index in [2.05, 4.69) is 21.3 Å². The van der Waals surface area contributed by atoms with Crippen molar-refractivity contribution in [1.29, 1.82) is 0 Å². The lowest BCUT2D eigenvalue weighted by molar-refractivity contribution is -0.141. The molecule has 5 amide bonds. The van der Waals surface area contributed by atoms with Gasteiger partial charge in [0, 0.05) is 6.54 Å². The van der Waals surface area contributed by atoms with Gasteiger partial charge in [0.1, 0.15) is 30.2 Å². The van der Waals surface area contributed by atoms with E-state index in [-0.39, 0.29) is 0 Å². The second-order valence-corrected chi connectivity index (χ2v) is 7.54. The summed E-state index contributed by atoms with van der Waals surface area (Å²) >= 11 is 0. The number of nitrogens with one attached hydrogen (secondary N) is 4. The Morgan fingerprint density at radius 2 is 1.40 bits per heavy atom. The third-order valence-electron chi connectivity index (χ3n) is 5.08. The standard InChI is InChI=1S/C18H27N5O7/c1-8-14(26)21-10(3)18(30)23-6-4-5-12(23)17(29)20-9(2)15(27)22-11(7-13(24)25)16(28)19-8/h8-12H,4-7H2,1-3H3,(H,19,28)(H,20,29)(H,21,26)(H,22,27)(H,24,25)/t8-,9-,10-,11+,12+/m1/s1. The Balaban J connectivity index is 2.32. The lowest BCUT2D eigenvalue weighted by Gasteiger charge is -2.28. The van der Waals surface area contributed by atoms with Crippen LogP contribution in [-0.2, 0) is 28.8 Å². The van der Waals surface area contributed by atoms with E-state index in [0.717, 1.165) is 0 Å². The van der Waals surface area contributed by atoms with Crippen LogP contribution in [-0.4, -0.2) is 82.3 Å². The number of carbonyl (C=O) groups is 6. The second kappa shape index (κ2) is 9.55. The van der Waals surface area contributed by atoms with Gasteiger partial charge in [-0.25, -0.2) is 0 Å². The summed E-state index contributed by atoms with van der Waals surface area (Å²) in [7, 11) is 0. The van der Waals surface area contributed by atoms with Gasteiger partial charge >= 0.3 is 5.97 Å². The summed E-state index contributed by atoms with van der Waals surface area (Å²) in [5, 5.41) is 18.7. The van der Waals surface area contributed by atoms with Crippen LogP contribution in [0.15, 0.2) is 0 Å². The first-order valence-electron chi connectivity index (χ1n) is 9.75. The van der Waals surface area contributed by atoms with Crippen LogP contribution in [0.4, 0.5) is 0 Å². The fourth-order valence-corrected chi connectivity index (χ4v) is 3.39. The number of hydrogen-bond donors (Lipinski definition) is 5. The molecule has 0 aromatic heterocycles. The highest BCUT2D eigenvalue weighted by molar-refractivity contribution is 5.98. The predicted molar refractivity (Wildman–Crippen MR) is 102 cm³/mol. The lowest BCUT2D eigenvalue weighted by atomic mass is 10.1. The zero-order chi connectivity index (χ0) is 22.6. The minimum Gasteiger partial charge on any atom is -0.481 e. The van der Waals surface area contributed by atoms with E-state index in [1.807, 2.05) is 0 Å². The van der Waals surface area contributed by atoms with Gasteiger partial charge in [-0.15, -0.1) is 0 Å². The van der Waals surface area contributed by atoms with E-state index in [0.29, 0.717) is 19.4 Å². The van der Waals surface area contributed by atoms with Gasteiger partial charge in [-0.05, 0) is 33.6 Å². The lowest BCUT2D eigenvalue weighted by Crippen LogP contribution is -2.56. The van der Waals surface area contributed by atoms with Crippen molar-refractivity contribution in [3.05, 3.63) is 0 Å². The van der Waals surface area contributed by atoms with Crippen molar-refractivity contribution in [3.8, 4) is 0 Å². The van der Waals surface area contributed by atoms with Crippen molar-refractivity contribution in [1.82, 2.24) is 26.2 Å². The van der Waals surface area contributed by atoms with E-state index < -0.39 is 72.1 Å². The van der Waals surface area contributed by atoms with Gasteiger partial charge in [0.15, 0.2) is 0 Å². The van der Waals surface area contributed by atoms with E-state index in [4.69, 9.17) is 5.11 Å². The molecule has 12 nitrogen and oxygen atoms in total. The molecule has 0 radical (unpaired) electrons. The molecule has 5 N–H and O–H groups in total. The van der Waals surface area contributed by atoms with Crippen molar-refractivity contribution in [2.75, 3.05) is 6.54 Å². The molecule has 166 valence electrons. The molecule has 5 atom stereocenters. The molecule has 0 unspecified atom stereocenters. The van der Waals surface area contributed by atoms with Gasteiger partial charge in [-0.2, -0.15) is 0 Å². The second-order valence-electron chi connectivity index (χ2n) is 7.54. The molecule has 30 heavy (non-hydrogen) atoms. The molecule has 12 heteroatoms. The van der Waals surface area contributed by atoms with Crippen LogP contribution >= 0.6 is 0 Å². The largest absolute Gasteiger partial charge is 0.481 e. The van der Waals surface area contributed by atoms with Gasteiger partial charge in [-0.1, -0.05) is 0 Å². The Morgan fingerprint density at radius 3 is 2.00 bits per heavy atom. The first-order valence-corrected chi connectivity index (χ1v) is 9.75. The maximum absolute atomic E-state index is 12.7. The summed E-state index contributed by atoms with van der Waals surface area (Å²) in [4.78, 5) is 75.1. The number of carbonyl (C=O) groups excluding carboxylic acids is 5. The molecule has 0 aromatic rings. The third-order valence-corrected chi connectivity index (χ3v) is 5.08. The van der Waals surface area contributed by atoms with Crippen molar-refractivity contribution in [2.45, 2.75) is 70.2 Å². The summed E-state index contributed by atoms with van der Waals surface area (Å²) in [6, 6.07) is -5.33. The number of amides is 5. The predicted octanol–water partition coefficient (Wildman–Crippen LogP) is -2.54. The SMILES string of the molecule is C[C@H]1NC(=O)[C@H](CC(=O)O)NC(=O)[C@@H](C)NC(=O)[C@@H]2CCCN2C(=O)[C@@H](C)NC1=O. The average Bonchev–Trinajstić information content (AvgIpc) is 3.15. The maximum Gasteiger partial charge on any atom is 0.305 e. The first kappa shape index (κ1) is 23.1. The van der Waals surface area contributed by atoms with Crippen LogP contribution in [0.1, 0.15) is 40.0 Å². The molecule has 0 bridgehead atoms. The molecule has 0 aromatic carbocycles. The number of fused-ring (bicyclic) bond motifs is 1. The fourth-order valence-electron chi connectivity index (χ4n) is 3.39. The summed E-state index contributed by atoms with van der Waals surface area (Å²) in [6.07, 6.45) is 0.292. The fraction of sp³-hybridized carbons (Fsp3) is 0.667. The van der Waals surface area contributed by atoms with E-state index >= 15 is 0 Å². The number of carboxylic acids is 1. The topological polar surface area (TPSA) is 174 Å². The summed E-state index contributed by atoms with van der Waals surface area (Å²) < 4.78 is 0. The number of rotatable bonds is 2. The number of carboxylic acid groups (broad SMARTS) is 1. The number of aliphatic carboxylic acids is 1. The van der Waals surface area contributed by atoms with Crippen LogP contribution in [0.25, 0.3) is 0 Å². The monoisotopic (exact) mass is 425 g/mol. The maximum atomic E-state index is 12.7. The van der Waals surface area contributed by atoms with Gasteiger partial charge in [0.25, 0.3) is 0 Å². The summed E-state index contributed by atoms with van der Waals surface area (Å²) in [6.45, 7) is 4.57. The zero-order valence-electron chi connectivity index (χ0n) is 17.1. The molecular weight excluding hydrogens is 398 g/mol. The summed E-state index contributed by atoms with van der Waals surface area (Å²) in [5.74, 6) is -4.61. The molecule has 0 saturated carbocycles. The van der Waals surface area contributed by atoms with E-state index in [1.54, 1.807) is 0 Å². The minimum atomic E-state index is -1.45. The van der Waals surface area contributed by atoms with Crippen LogP contribution < -0.4 is 21.3 Å². The van der Waals surface area contributed by atoms with Crippen LogP contribution in [0.3, 0.4) is 0 Å². The molecule has 2 fully saturated rings. The van der Waals surface area contributed by atoms with Crippen LogP contribution in [0, 0.1) is 0 Å². The van der Waals surface area contributed by atoms with Gasteiger partial charge in [-0.3, -0.25) is 28.8 Å². The minimum absolute atomic E-state index is 0.338. The van der Waals surface area contributed by atoms with Crippen LogP contribution in [0.5, 0.6) is 0 Å². The average molecular weight is 425 g/mol. The van der Waals surface area contributed by atoms with Crippen LogP contribution in [0.2, 0.25) is 0 Å². The molecule has 2 rings (SSSR count). The highest BCUT2D eigenvalue weighted by Gasteiger charge is 2.38. The van der Waals surface area contributed by atoms with Gasteiger partial charge < -0.3 is 31.3 Å². The third kappa shape index (κ3) is 5.45. The van der Waals surface area contributed by atoms with Crippen molar-refractivity contribution in [3.63, 3.8) is 0 Å². The molecule has 0 spiro atoms. The Kier molecular flexibility index (Phi) is 7.35. The highest BCUT2D eigenvalue weighted by Crippen LogP contribution is 2.19. The molecule has 2 saturated heterocycles. The van der Waals surface area contributed by atoms with Gasteiger partial charge in [0.05, 0.1) is 6.42 Å². The molecule has 2 aliphatic rings. The summed E-state index contributed by atoms with van der Waals surface area (Å²) in [5.41, 5.74) is 0. The highest BCUT2D eigenvalue weighted by atomic mass is 16.4. The molecule has 0 aliphatic carbocycles. The molecule has 2 aliphatic heterocycles. The Labute approximate surface area is 173 Å². The van der Waals surface area contributed by atoms with Crippen molar-refractivity contribution in [2.24, 2.45) is 0 Å². The Bertz CT molecular complexity index is 755.